The average Bonchev–Trinajstić information content (AvgIpc) is 2.67. The number of hydrogen-bond acceptors (Lipinski definition) is 6. The van der Waals surface area contributed by atoms with Crippen molar-refractivity contribution in [2.45, 2.75) is 6.85 Å². The molecule has 2 aromatic heterocycles. The molecule has 0 radical (unpaired) electrons. The average molecular weight is 335 g/mol. The Balaban J connectivity index is 1.95. The van der Waals surface area contributed by atoms with Crippen molar-refractivity contribution in [1.29, 1.82) is 0 Å². The molecule has 122 valence electrons. The maximum Gasteiger partial charge on any atom is 0.240 e. The number of halogens is 1. The van der Waals surface area contributed by atoms with E-state index in [1.807, 2.05) is 0 Å². The third-order valence-corrected chi connectivity index (χ3v) is 3.73. The molecule has 4 rings (SSSR count). The fourth-order valence-electron chi connectivity index (χ4n) is 2.55. The quantitative estimate of drug-likeness (QED) is 0.605. The maximum atomic E-state index is 13.3. The van der Waals surface area contributed by atoms with Crippen LogP contribution in [0.5, 0.6) is 0 Å². The molecule has 0 aliphatic carbocycles. The third-order valence-electron chi connectivity index (χ3n) is 3.73. The number of nitrogens with zero attached hydrogens (tertiary/aromatic N) is 5. The molecule has 0 spiro atoms. The normalized spacial score (nSPS) is 13.2. The minimum atomic E-state index is -2.40. The number of aryl methyl sites for hydroxylation is 1. The minimum Gasteiger partial charge on any atom is -0.366 e. The molecule has 0 unspecified atom stereocenters. The van der Waals surface area contributed by atoms with Crippen LogP contribution in [-0.4, -0.2) is 25.1 Å². The van der Waals surface area contributed by atoms with Crippen LogP contribution in [-0.2, 0) is 0 Å². The van der Waals surface area contributed by atoms with Gasteiger partial charge in [0.1, 0.15) is 23.5 Å². The van der Waals surface area contributed by atoms with Crippen molar-refractivity contribution in [3.8, 4) is 22.5 Å². The molecule has 4 aromatic rings. The van der Waals surface area contributed by atoms with Gasteiger partial charge in [-0.05, 0) is 43.3 Å². The summed E-state index contributed by atoms with van der Waals surface area (Å²) >= 11 is 0. The first-order chi connectivity index (χ1) is 13.3. The third kappa shape index (κ3) is 2.76. The monoisotopic (exact) mass is 335 g/mol. The summed E-state index contributed by atoms with van der Waals surface area (Å²) < 4.78 is 36.4. The van der Waals surface area contributed by atoms with Crippen LogP contribution in [0.15, 0.2) is 48.8 Å². The van der Waals surface area contributed by atoms with E-state index in [2.05, 4.69) is 25.1 Å². The summed E-state index contributed by atoms with van der Waals surface area (Å²) in [5, 5.41) is 8.32. The molecule has 0 atom stereocenters. The van der Waals surface area contributed by atoms with Crippen LogP contribution in [0.3, 0.4) is 0 Å². The van der Waals surface area contributed by atoms with E-state index in [9.17, 15) is 4.39 Å². The fourth-order valence-corrected chi connectivity index (χ4v) is 2.55. The highest BCUT2D eigenvalue weighted by atomic mass is 19.1. The van der Waals surface area contributed by atoms with Gasteiger partial charge < -0.3 is 5.73 Å². The molecule has 0 aliphatic rings. The van der Waals surface area contributed by atoms with Gasteiger partial charge in [-0.2, -0.15) is 0 Å². The Morgan fingerprint density at radius 1 is 0.960 bits per heavy atom. The van der Waals surface area contributed by atoms with Crippen LogP contribution in [0.25, 0.3) is 33.4 Å². The van der Waals surface area contributed by atoms with Crippen molar-refractivity contribution < 1.29 is 8.50 Å². The molecule has 25 heavy (non-hydrogen) atoms. The van der Waals surface area contributed by atoms with E-state index in [-0.39, 0.29) is 17.5 Å². The molecule has 0 aliphatic heterocycles. The summed E-state index contributed by atoms with van der Waals surface area (Å²) in [5.41, 5.74) is 8.06. The lowest BCUT2D eigenvalue weighted by atomic mass is 10.0. The number of fused-ring (bicyclic) bond motifs is 1. The van der Waals surface area contributed by atoms with Crippen LogP contribution in [0.1, 0.15) is 9.81 Å². The predicted molar refractivity (Wildman–Crippen MR) is 92.9 cm³/mol. The van der Waals surface area contributed by atoms with Crippen LogP contribution in [0.4, 0.5) is 10.3 Å². The zero-order valence-electron chi connectivity index (χ0n) is 15.8. The van der Waals surface area contributed by atoms with Gasteiger partial charge in [-0.3, -0.25) is 0 Å². The summed E-state index contributed by atoms with van der Waals surface area (Å²) in [6.07, 6.45) is 1.22. The number of hydrogen-bond donors (Lipinski definition) is 1. The van der Waals surface area contributed by atoms with Crippen LogP contribution in [0.2, 0.25) is 0 Å². The van der Waals surface area contributed by atoms with Crippen molar-refractivity contribution in [2.24, 2.45) is 0 Å². The zero-order valence-corrected chi connectivity index (χ0v) is 12.8. The molecule has 2 N–H and O–H groups in total. The lowest BCUT2D eigenvalue weighted by molar-refractivity contribution is 0.628. The Kier molecular flexibility index (Phi) is 2.81. The Morgan fingerprint density at radius 2 is 1.76 bits per heavy atom. The number of nitrogens with two attached hydrogens (primary N) is 1. The number of benzene rings is 2. The van der Waals surface area contributed by atoms with Gasteiger partial charge in [0.2, 0.25) is 5.95 Å². The number of rotatable bonds is 2. The summed E-state index contributed by atoms with van der Waals surface area (Å²) in [6.45, 7) is -2.40. The highest BCUT2D eigenvalue weighted by molar-refractivity contribution is 5.88. The lowest BCUT2D eigenvalue weighted by Crippen LogP contribution is -2.02. The maximum absolute atomic E-state index is 13.3. The van der Waals surface area contributed by atoms with Gasteiger partial charge in [0, 0.05) is 26.3 Å². The van der Waals surface area contributed by atoms with Gasteiger partial charge in [0.25, 0.3) is 0 Å². The van der Waals surface area contributed by atoms with E-state index in [1.54, 1.807) is 30.3 Å². The molecule has 0 amide bonds. The number of aromatic nitrogens is 5. The highest BCUT2D eigenvalue weighted by Crippen LogP contribution is 2.30. The fraction of sp³-hybridized carbons (Fsp3) is 0.0556. The first-order valence-corrected chi connectivity index (χ1v) is 7.35. The van der Waals surface area contributed by atoms with Crippen molar-refractivity contribution in [1.82, 2.24) is 25.1 Å². The van der Waals surface area contributed by atoms with Gasteiger partial charge in [0.15, 0.2) is 0 Å². The highest BCUT2D eigenvalue weighted by Gasteiger charge is 2.14. The van der Waals surface area contributed by atoms with E-state index in [0.717, 1.165) is 0 Å². The van der Waals surface area contributed by atoms with E-state index >= 15 is 0 Å². The molecule has 7 heteroatoms. The molecule has 0 saturated heterocycles. The van der Waals surface area contributed by atoms with Crippen LogP contribution < -0.4 is 5.73 Å². The number of anilines is 1. The van der Waals surface area contributed by atoms with Gasteiger partial charge in [0.05, 0.1) is 5.52 Å². The van der Waals surface area contributed by atoms with Crippen molar-refractivity contribution in [3.05, 3.63) is 60.3 Å². The Hall–Kier alpha value is -3.48. The first-order valence-electron chi connectivity index (χ1n) is 8.85. The van der Waals surface area contributed by atoms with E-state index < -0.39 is 6.85 Å². The summed E-state index contributed by atoms with van der Waals surface area (Å²) in [6, 6.07) is 10.8. The van der Waals surface area contributed by atoms with Gasteiger partial charge in [-0.25, -0.2) is 19.3 Å². The Bertz CT molecular complexity index is 1180. The smallest absolute Gasteiger partial charge is 0.240 e. The molecule has 0 fully saturated rings. The lowest BCUT2D eigenvalue weighted by Gasteiger charge is -2.09. The summed E-state index contributed by atoms with van der Waals surface area (Å²) in [5.74, 6) is -0.416. The first kappa shape index (κ1) is 12.0. The largest absolute Gasteiger partial charge is 0.366 e. The topological polar surface area (TPSA) is 90.5 Å². The molecule has 6 nitrogen and oxygen atoms in total. The van der Waals surface area contributed by atoms with Gasteiger partial charge in [-0.15, -0.1) is 10.2 Å². The standard InChI is InChI=1S/C18H13FN6/c1-10-14-8-12(4-7-15(14)22-9-21-10)17-16(23-18(20)25-24-17)11-2-5-13(19)6-3-11/h2-9H,1H3,(H2,20,23,25)/i1D3. The second-order valence-corrected chi connectivity index (χ2v) is 5.33. The van der Waals surface area contributed by atoms with Crippen molar-refractivity contribution in [2.75, 3.05) is 5.73 Å². The molecule has 0 bridgehead atoms. The molecular weight excluding hydrogens is 319 g/mol. The van der Waals surface area contributed by atoms with Crippen LogP contribution >= 0.6 is 0 Å². The summed E-state index contributed by atoms with van der Waals surface area (Å²) in [4.78, 5) is 12.3. The SMILES string of the molecule is [2H]C([2H])([2H])c1ncnc2ccc(-c3nnc(N)nc3-c3ccc(F)cc3)cc12. The second kappa shape index (κ2) is 5.86. The van der Waals surface area contributed by atoms with E-state index in [1.165, 1.54) is 18.5 Å². The number of nitrogen functional groups attached to an aromatic ring is 1. The molecule has 2 aromatic carbocycles. The molecular formula is C18H13FN6. The van der Waals surface area contributed by atoms with E-state index in [4.69, 9.17) is 9.85 Å². The van der Waals surface area contributed by atoms with Gasteiger partial charge >= 0.3 is 0 Å². The minimum absolute atomic E-state index is 0.0321. The predicted octanol–water partition coefficient (Wildman–Crippen LogP) is 3.18. The van der Waals surface area contributed by atoms with Crippen molar-refractivity contribution >= 4 is 16.9 Å². The summed E-state index contributed by atoms with van der Waals surface area (Å²) in [7, 11) is 0. The zero-order chi connectivity index (χ0) is 19.9. The Morgan fingerprint density at radius 3 is 2.56 bits per heavy atom. The van der Waals surface area contributed by atoms with Crippen molar-refractivity contribution in [3.63, 3.8) is 0 Å². The second-order valence-electron chi connectivity index (χ2n) is 5.33. The van der Waals surface area contributed by atoms with E-state index in [0.29, 0.717) is 33.4 Å². The van der Waals surface area contributed by atoms with Crippen LogP contribution in [0, 0.1) is 12.7 Å². The Labute approximate surface area is 146 Å². The molecule has 0 saturated carbocycles. The molecule has 2 heterocycles. The van der Waals surface area contributed by atoms with Gasteiger partial charge in [-0.1, -0.05) is 6.07 Å².